The molecule has 0 bridgehead atoms. The topological polar surface area (TPSA) is 73.2 Å². The highest BCUT2D eigenvalue weighted by Crippen LogP contribution is 2.28. The maximum atomic E-state index is 13.3. The van der Waals surface area contributed by atoms with E-state index in [4.69, 9.17) is 0 Å². The van der Waals surface area contributed by atoms with Crippen LogP contribution < -0.4 is 15.7 Å². The van der Waals surface area contributed by atoms with Gasteiger partial charge in [0.05, 0.1) is 11.8 Å². The Hall–Kier alpha value is -3.43. The molecule has 0 unspecified atom stereocenters. The molecule has 0 aliphatic rings. The number of aromatic nitrogens is 2. The predicted octanol–water partition coefficient (Wildman–Crippen LogP) is 3.31. The molecule has 10 heteroatoms. The molecular weight excluding hydrogens is 394 g/mol. The molecule has 1 heterocycles. The number of amides is 1. The van der Waals surface area contributed by atoms with Gasteiger partial charge < -0.3 is 4.74 Å². The number of para-hydroxylation sites is 1. The minimum absolute atomic E-state index is 0.0355. The van der Waals surface area contributed by atoms with Crippen molar-refractivity contribution in [2.45, 2.75) is 26.1 Å². The Kier molecular flexibility index (Phi) is 5.53. The van der Waals surface area contributed by atoms with Gasteiger partial charge in [0, 0.05) is 6.42 Å². The van der Waals surface area contributed by atoms with E-state index in [0.29, 0.717) is 5.56 Å². The van der Waals surface area contributed by atoms with E-state index in [1.807, 2.05) is 0 Å². The van der Waals surface area contributed by atoms with Crippen molar-refractivity contribution in [1.82, 2.24) is 9.66 Å². The molecule has 3 rings (SSSR count). The molecule has 0 saturated heterocycles. The van der Waals surface area contributed by atoms with Crippen molar-refractivity contribution >= 4 is 16.8 Å². The van der Waals surface area contributed by atoms with Crippen LogP contribution in [0.15, 0.2) is 47.3 Å². The number of halogens is 4. The molecule has 1 amide bonds. The molecule has 0 atom stereocenters. The number of carbonyl (C=O) groups is 1. The van der Waals surface area contributed by atoms with Crippen molar-refractivity contribution in [3.05, 3.63) is 70.0 Å². The predicted molar refractivity (Wildman–Crippen MR) is 96.5 cm³/mol. The van der Waals surface area contributed by atoms with Gasteiger partial charge in [-0.2, -0.15) is 0 Å². The Morgan fingerprint density at radius 2 is 1.93 bits per heavy atom. The van der Waals surface area contributed by atoms with Crippen LogP contribution in [0.2, 0.25) is 0 Å². The summed E-state index contributed by atoms with van der Waals surface area (Å²) in [6, 6.07) is 8.96. The van der Waals surface area contributed by atoms with E-state index in [1.54, 1.807) is 13.0 Å². The summed E-state index contributed by atoms with van der Waals surface area (Å²) in [6.07, 6.45) is -5.01. The summed E-state index contributed by atoms with van der Waals surface area (Å²) in [5, 5.41) is -0.157. The fourth-order valence-electron chi connectivity index (χ4n) is 2.78. The van der Waals surface area contributed by atoms with Crippen molar-refractivity contribution in [3.8, 4) is 5.75 Å². The molecule has 0 saturated carbocycles. The molecule has 0 radical (unpaired) electrons. The SMILES string of the molecule is CCc1nc2c(OC(F)(F)F)cccc2c(=O)n1NC(=O)Cc1cccc(F)c1. The second-order valence-corrected chi connectivity index (χ2v) is 6.06. The zero-order valence-corrected chi connectivity index (χ0v) is 15.1. The Balaban J connectivity index is 1.99. The van der Waals surface area contributed by atoms with E-state index >= 15 is 0 Å². The fourth-order valence-corrected chi connectivity index (χ4v) is 2.78. The Morgan fingerprint density at radius 1 is 1.21 bits per heavy atom. The van der Waals surface area contributed by atoms with E-state index in [-0.39, 0.29) is 29.6 Å². The molecule has 6 nitrogen and oxygen atoms in total. The van der Waals surface area contributed by atoms with E-state index < -0.39 is 29.4 Å². The first kappa shape index (κ1) is 20.3. The highest BCUT2D eigenvalue weighted by atomic mass is 19.4. The fraction of sp³-hybridized carbons (Fsp3) is 0.211. The lowest BCUT2D eigenvalue weighted by Crippen LogP contribution is -2.37. The maximum Gasteiger partial charge on any atom is 0.573 e. The molecule has 0 aliphatic heterocycles. The Labute approximate surface area is 161 Å². The normalized spacial score (nSPS) is 11.5. The number of fused-ring (bicyclic) bond motifs is 1. The number of aryl methyl sites for hydroxylation is 1. The maximum absolute atomic E-state index is 13.3. The summed E-state index contributed by atoms with van der Waals surface area (Å²) >= 11 is 0. The number of hydrogen-bond donors (Lipinski definition) is 1. The summed E-state index contributed by atoms with van der Waals surface area (Å²) in [6.45, 7) is 1.62. The number of nitrogens with one attached hydrogen (secondary N) is 1. The molecule has 1 aromatic heterocycles. The molecule has 0 aliphatic carbocycles. The van der Waals surface area contributed by atoms with Crippen LogP contribution in [0.5, 0.6) is 5.75 Å². The number of benzene rings is 2. The number of hydrogen-bond acceptors (Lipinski definition) is 4. The first-order valence-electron chi connectivity index (χ1n) is 8.52. The van der Waals surface area contributed by atoms with E-state index in [2.05, 4.69) is 15.1 Å². The molecule has 29 heavy (non-hydrogen) atoms. The van der Waals surface area contributed by atoms with Crippen molar-refractivity contribution in [2.75, 3.05) is 5.43 Å². The van der Waals surface area contributed by atoms with Crippen molar-refractivity contribution in [2.24, 2.45) is 0 Å². The average Bonchev–Trinajstić information content (AvgIpc) is 2.63. The van der Waals surface area contributed by atoms with Gasteiger partial charge in [0.25, 0.3) is 5.56 Å². The van der Waals surface area contributed by atoms with Gasteiger partial charge in [-0.15, -0.1) is 13.2 Å². The third kappa shape index (κ3) is 4.71. The molecule has 0 fully saturated rings. The lowest BCUT2D eigenvalue weighted by Gasteiger charge is -2.15. The number of ether oxygens (including phenoxy) is 1. The van der Waals surface area contributed by atoms with Crippen LogP contribution in [-0.2, 0) is 17.6 Å². The minimum Gasteiger partial charge on any atom is -0.403 e. The monoisotopic (exact) mass is 409 g/mol. The summed E-state index contributed by atoms with van der Waals surface area (Å²) < 4.78 is 56.0. The van der Waals surface area contributed by atoms with Crippen molar-refractivity contribution in [1.29, 1.82) is 0 Å². The molecule has 3 aromatic rings. The lowest BCUT2D eigenvalue weighted by molar-refractivity contribution is -0.274. The van der Waals surface area contributed by atoms with Gasteiger partial charge in [-0.05, 0) is 29.8 Å². The molecule has 152 valence electrons. The second-order valence-electron chi connectivity index (χ2n) is 6.06. The zero-order chi connectivity index (χ0) is 21.2. The van der Waals surface area contributed by atoms with Crippen molar-refractivity contribution < 1.29 is 27.1 Å². The number of rotatable bonds is 5. The summed E-state index contributed by atoms with van der Waals surface area (Å²) in [4.78, 5) is 29.2. The van der Waals surface area contributed by atoms with Gasteiger partial charge in [-0.1, -0.05) is 25.1 Å². The number of carbonyl (C=O) groups excluding carboxylic acids is 1. The van der Waals surface area contributed by atoms with Gasteiger partial charge in [-0.25, -0.2) is 14.1 Å². The third-order valence-electron chi connectivity index (χ3n) is 3.96. The summed E-state index contributed by atoms with van der Waals surface area (Å²) in [5.74, 6) is -1.70. The standard InChI is InChI=1S/C19H15F4N3O3/c1-2-15-24-17-13(7-4-8-14(17)29-19(21,22)23)18(28)26(15)25-16(27)10-11-5-3-6-12(20)9-11/h3-9H,2,10H2,1H3,(H,25,27). The zero-order valence-electron chi connectivity index (χ0n) is 15.1. The smallest absolute Gasteiger partial charge is 0.403 e. The van der Waals surface area contributed by atoms with Crippen molar-refractivity contribution in [3.63, 3.8) is 0 Å². The first-order chi connectivity index (χ1) is 13.7. The van der Waals surface area contributed by atoms with Crippen LogP contribution in [0, 0.1) is 5.82 Å². The quantitative estimate of drug-likeness (QED) is 0.657. The van der Waals surface area contributed by atoms with Gasteiger partial charge >= 0.3 is 6.36 Å². The molecule has 1 N–H and O–H groups in total. The Bertz CT molecular complexity index is 1130. The average molecular weight is 409 g/mol. The van der Waals surface area contributed by atoms with Crippen LogP contribution in [0.3, 0.4) is 0 Å². The lowest BCUT2D eigenvalue weighted by atomic mass is 10.1. The van der Waals surface area contributed by atoms with E-state index in [0.717, 1.165) is 10.7 Å². The second kappa shape index (κ2) is 7.90. The molecular formula is C19H15F4N3O3. The third-order valence-corrected chi connectivity index (χ3v) is 3.96. The summed E-state index contributed by atoms with van der Waals surface area (Å²) in [5.41, 5.74) is 1.75. The molecule has 2 aromatic carbocycles. The van der Waals surface area contributed by atoms with Gasteiger partial charge in [0.1, 0.15) is 17.2 Å². The minimum atomic E-state index is -4.95. The molecule has 0 spiro atoms. The van der Waals surface area contributed by atoms with Gasteiger partial charge in [0.2, 0.25) is 5.91 Å². The largest absolute Gasteiger partial charge is 0.573 e. The highest BCUT2D eigenvalue weighted by Gasteiger charge is 2.32. The van der Waals surface area contributed by atoms with Crippen LogP contribution in [0.1, 0.15) is 18.3 Å². The van der Waals surface area contributed by atoms with Crippen LogP contribution in [-0.4, -0.2) is 21.9 Å². The highest BCUT2D eigenvalue weighted by molar-refractivity contribution is 5.87. The van der Waals surface area contributed by atoms with Crippen LogP contribution >= 0.6 is 0 Å². The first-order valence-corrected chi connectivity index (χ1v) is 8.52. The van der Waals surface area contributed by atoms with E-state index in [1.165, 1.54) is 30.3 Å². The summed E-state index contributed by atoms with van der Waals surface area (Å²) in [7, 11) is 0. The number of nitrogens with zero attached hydrogens (tertiary/aromatic N) is 2. The number of alkyl halides is 3. The van der Waals surface area contributed by atoms with Crippen LogP contribution in [0.25, 0.3) is 10.9 Å². The van der Waals surface area contributed by atoms with Gasteiger partial charge in [-0.3, -0.25) is 15.0 Å². The Morgan fingerprint density at radius 3 is 2.59 bits per heavy atom. The van der Waals surface area contributed by atoms with Crippen LogP contribution in [0.4, 0.5) is 17.6 Å². The van der Waals surface area contributed by atoms with E-state index in [9.17, 15) is 27.2 Å². The van der Waals surface area contributed by atoms with Gasteiger partial charge in [0.15, 0.2) is 5.75 Å².